The smallest absolute Gasteiger partial charge is 0.118 e. The highest BCUT2D eigenvalue weighted by Crippen LogP contribution is 2.14. The zero-order valence-corrected chi connectivity index (χ0v) is 10.5. The van der Waals surface area contributed by atoms with Crippen LogP contribution < -0.4 is 10.0 Å². The monoisotopic (exact) mass is 264 g/mol. The summed E-state index contributed by atoms with van der Waals surface area (Å²) in [5.41, 5.74) is 0. The molecule has 13 heavy (non-hydrogen) atoms. The lowest BCUT2D eigenvalue weighted by atomic mass is 10.3. The van der Waals surface area contributed by atoms with Crippen LogP contribution in [0.5, 0.6) is 5.75 Å². The number of hydrogen-bond acceptors (Lipinski definition) is 2. The van der Waals surface area contributed by atoms with Crippen LogP contribution in [0.15, 0.2) is 24.3 Å². The lowest BCUT2D eigenvalue weighted by molar-refractivity contribution is 0.394. The van der Waals surface area contributed by atoms with E-state index in [2.05, 4.69) is 0 Å². The molecule has 74 valence electrons. The van der Waals surface area contributed by atoms with E-state index in [9.17, 15) is 0 Å². The highest BCUT2D eigenvalue weighted by molar-refractivity contribution is 8.93. The summed E-state index contributed by atoms with van der Waals surface area (Å²) in [5, 5.41) is 1.21. The SMILES string of the molecule is Br.CCOPc1ccc(OC)cc1. The van der Waals surface area contributed by atoms with Crippen LogP contribution in [-0.4, -0.2) is 13.7 Å². The third-order valence-corrected chi connectivity index (χ3v) is 2.43. The van der Waals surface area contributed by atoms with E-state index in [1.165, 1.54) is 5.30 Å². The van der Waals surface area contributed by atoms with Gasteiger partial charge in [-0.25, -0.2) is 0 Å². The average molecular weight is 265 g/mol. The molecule has 2 nitrogen and oxygen atoms in total. The number of halogens is 1. The van der Waals surface area contributed by atoms with Crippen LogP contribution in [0, 0.1) is 0 Å². The van der Waals surface area contributed by atoms with Gasteiger partial charge in [-0.3, -0.25) is 0 Å². The van der Waals surface area contributed by atoms with Crippen molar-refractivity contribution in [1.82, 2.24) is 0 Å². The number of methoxy groups -OCH3 is 1. The quantitative estimate of drug-likeness (QED) is 0.779. The second kappa shape index (κ2) is 7.31. The van der Waals surface area contributed by atoms with Crippen LogP contribution in [0.1, 0.15) is 6.92 Å². The van der Waals surface area contributed by atoms with E-state index >= 15 is 0 Å². The van der Waals surface area contributed by atoms with Gasteiger partial charge in [0.25, 0.3) is 0 Å². The van der Waals surface area contributed by atoms with Gasteiger partial charge in [0, 0.05) is 15.4 Å². The highest BCUT2D eigenvalue weighted by atomic mass is 79.9. The van der Waals surface area contributed by atoms with E-state index in [0.717, 1.165) is 12.4 Å². The molecule has 0 bridgehead atoms. The van der Waals surface area contributed by atoms with Crippen LogP contribution in [0.3, 0.4) is 0 Å². The standard InChI is InChI=1S/C9H13O2P.BrH/c1-3-11-12-9-6-4-8(10-2)5-7-9;/h4-7,12H,3H2,1-2H3;1H. The lowest BCUT2D eigenvalue weighted by Gasteiger charge is -2.02. The first-order chi connectivity index (χ1) is 5.86. The van der Waals surface area contributed by atoms with E-state index in [-0.39, 0.29) is 17.0 Å². The van der Waals surface area contributed by atoms with Gasteiger partial charge in [-0.1, -0.05) is 0 Å². The lowest BCUT2D eigenvalue weighted by Crippen LogP contribution is -1.94. The molecule has 0 aliphatic heterocycles. The Morgan fingerprint density at radius 3 is 2.31 bits per heavy atom. The summed E-state index contributed by atoms with van der Waals surface area (Å²) in [5.74, 6) is 0.889. The summed E-state index contributed by atoms with van der Waals surface area (Å²) in [6.45, 7) is 2.76. The van der Waals surface area contributed by atoms with Crippen molar-refractivity contribution in [3.8, 4) is 5.75 Å². The van der Waals surface area contributed by atoms with Crippen LogP contribution in [0.25, 0.3) is 0 Å². The number of benzene rings is 1. The van der Waals surface area contributed by atoms with Gasteiger partial charge in [-0.05, 0) is 36.5 Å². The molecule has 0 fully saturated rings. The van der Waals surface area contributed by atoms with Crippen LogP contribution in [-0.2, 0) is 4.52 Å². The molecule has 1 rings (SSSR count). The number of hydrogen-bond donors (Lipinski definition) is 0. The zero-order chi connectivity index (χ0) is 8.81. The molecule has 1 aromatic rings. The third kappa shape index (κ3) is 4.61. The molecule has 4 heteroatoms. The molecule has 0 N–H and O–H groups in total. The molecule has 0 saturated carbocycles. The van der Waals surface area contributed by atoms with Crippen molar-refractivity contribution in [3.63, 3.8) is 0 Å². The molecule has 0 aliphatic rings. The average Bonchev–Trinajstić information content (AvgIpc) is 2.15. The van der Waals surface area contributed by atoms with E-state index in [0.29, 0.717) is 8.81 Å². The first-order valence-corrected chi connectivity index (χ1v) is 4.79. The van der Waals surface area contributed by atoms with E-state index in [1.54, 1.807) is 7.11 Å². The maximum Gasteiger partial charge on any atom is 0.118 e. The van der Waals surface area contributed by atoms with Crippen molar-refractivity contribution >= 4 is 31.1 Å². The fourth-order valence-corrected chi connectivity index (χ4v) is 1.43. The van der Waals surface area contributed by atoms with E-state index in [1.807, 2.05) is 31.2 Å². The van der Waals surface area contributed by atoms with Gasteiger partial charge in [0.15, 0.2) is 0 Å². The van der Waals surface area contributed by atoms with Crippen molar-refractivity contribution in [2.24, 2.45) is 0 Å². The molecule has 0 saturated heterocycles. The maximum absolute atomic E-state index is 5.28. The minimum absolute atomic E-state index is 0. The van der Waals surface area contributed by atoms with Gasteiger partial charge in [0.05, 0.1) is 7.11 Å². The van der Waals surface area contributed by atoms with Crippen LogP contribution >= 0.6 is 25.8 Å². The molecule has 1 atom stereocenters. The van der Waals surface area contributed by atoms with Crippen molar-refractivity contribution in [2.75, 3.05) is 13.7 Å². The Morgan fingerprint density at radius 1 is 1.23 bits per heavy atom. The fourth-order valence-electron chi connectivity index (χ4n) is 0.815. The Labute approximate surface area is 91.3 Å². The second-order valence-electron chi connectivity index (χ2n) is 2.26. The third-order valence-electron chi connectivity index (χ3n) is 1.42. The largest absolute Gasteiger partial charge is 0.497 e. The summed E-state index contributed by atoms with van der Waals surface area (Å²) in [7, 11) is 2.11. The zero-order valence-electron chi connectivity index (χ0n) is 7.74. The molecule has 1 unspecified atom stereocenters. The van der Waals surface area contributed by atoms with Crippen molar-refractivity contribution in [2.45, 2.75) is 6.92 Å². The Hall–Kier alpha value is -0.110. The van der Waals surface area contributed by atoms with Gasteiger partial charge in [0.2, 0.25) is 0 Å². The highest BCUT2D eigenvalue weighted by Gasteiger charge is 1.93. The molecule has 0 aromatic heterocycles. The molecular formula is C9H14BrO2P. The first kappa shape index (κ1) is 12.9. The molecule has 0 aliphatic carbocycles. The van der Waals surface area contributed by atoms with E-state index in [4.69, 9.17) is 9.26 Å². The Morgan fingerprint density at radius 2 is 1.85 bits per heavy atom. The second-order valence-corrected chi connectivity index (χ2v) is 3.33. The van der Waals surface area contributed by atoms with Crippen molar-refractivity contribution < 1.29 is 9.26 Å². The Balaban J connectivity index is 0.00000144. The van der Waals surface area contributed by atoms with Crippen molar-refractivity contribution in [3.05, 3.63) is 24.3 Å². The van der Waals surface area contributed by atoms with Crippen molar-refractivity contribution in [1.29, 1.82) is 0 Å². The van der Waals surface area contributed by atoms with Gasteiger partial charge in [-0.2, -0.15) is 0 Å². The minimum Gasteiger partial charge on any atom is -0.497 e. The molecule has 0 radical (unpaired) electrons. The normalized spacial score (nSPS) is 10.0. The maximum atomic E-state index is 5.28. The topological polar surface area (TPSA) is 18.5 Å². The summed E-state index contributed by atoms with van der Waals surface area (Å²) >= 11 is 0. The summed E-state index contributed by atoms with van der Waals surface area (Å²) in [4.78, 5) is 0. The first-order valence-electron chi connectivity index (χ1n) is 3.88. The van der Waals surface area contributed by atoms with Gasteiger partial charge < -0.3 is 9.26 Å². The summed E-state index contributed by atoms with van der Waals surface area (Å²) in [6.07, 6.45) is 0. The summed E-state index contributed by atoms with van der Waals surface area (Å²) in [6, 6.07) is 7.93. The predicted molar refractivity (Wildman–Crippen MR) is 62.9 cm³/mol. The molecule has 0 spiro atoms. The Bertz CT molecular complexity index is 226. The predicted octanol–water partition coefficient (Wildman–Crippen LogP) is 2.53. The number of rotatable bonds is 4. The summed E-state index contributed by atoms with van der Waals surface area (Å²) < 4.78 is 10.3. The minimum atomic E-state index is 0. The van der Waals surface area contributed by atoms with Gasteiger partial charge in [0.1, 0.15) is 5.75 Å². The Kier molecular flexibility index (Phi) is 7.25. The van der Waals surface area contributed by atoms with Gasteiger partial charge in [-0.15, -0.1) is 17.0 Å². The molecule has 0 heterocycles. The van der Waals surface area contributed by atoms with Crippen LogP contribution in [0.4, 0.5) is 0 Å². The van der Waals surface area contributed by atoms with E-state index < -0.39 is 0 Å². The molecular weight excluding hydrogens is 251 g/mol. The fraction of sp³-hybridized carbons (Fsp3) is 0.333. The molecule has 0 amide bonds. The number of ether oxygens (including phenoxy) is 1. The molecule has 1 aromatic carbocycles. The van der Waals surface area contributed by atoms with Gasteiger partial charge >= 0.3 is 0 Å². The van der Waals surface area contributed by atoms with Crippen LogP contribution in [0.2, 0.25) is 0 Å².